The highest BCUT2D eigenvalue weighted by Gasteiger charge is 2.10. The molecule has 4 nitrogen and oxygen atoms in total. The minimum Gasteiger partial charge on any atom is -0.490 e. The van der Waals surface area contributed by atoms with Gasteiger partial charge >= 0.3 is 5.97 Å². The first-order chi connectivity index (χ1) is 11.2. The lowest BCUT2D eigenvalue weighted by Crippen LogP contribution is -2.13. The molecule has 0 aliphatic rings. The summed E-state index contributed by atoms with van der Waals surface area (Å²) in [6.45, 7) is 2.35. The molecule has 3 aromatic rings. The van der Waals surface area contributed by atoms with Gasteiger partial charge < -0.3 is 9.47 Å². The summed E-state index contributed by atoms with van der Waals surface area (Å²) in [5.74, 6) is 0.384. The lowest BCUT2D eigenvalue weighted by atomic mass is 10.1. The zero-order valence-corrected chi connectivity index (χ0v) is 12.9. The number of carbonyl (C=O) groups excluding carboxylic acids is 1. The van der Waals surface area contributed by atoms with Crippen LogP contribution in [0.1, 0.15) is 15.9 Å². The second-order valence-corrected chi connectivity index (χ2v) is 5.18. The van der Waals surface area contributed by atoms with Crippen LogP contribution in [0.3, 0.4) is 0 Å². The van der Waals surface area contributed by atoms with Crippen molar-refractivity contribution in [1.29, 1.82) is 0 Å². The molecule has 0 bridgehead atoms. The Labute approximate surface area is 134 Å². The Morgan fingerprint density at radius 2 is 1.87 bits per heavy atom. The lowest BCUT2D eigenvalue weighted by molar-refractivity contribution is 0.0449. The Kier molecular flexibility index (Phi) is 4.52. The van der Waals surface area contributed by atoms with Gasteiger partial charge in [-0.2, -0.15) is 0 Å². The number of benzene rings is 2. The van der Waals surface area contributed by atoms with Gasteiger partial charge in [-0.1, -0.05) is 30.3 Å². The normalized spacial score (nSPS) is 10.5. The summed E-state index contributed by atoms with van der Waals surface area (Å²) in [7, 11) is 0. The van der Waals surface area contributed by atoms with E-state index in [0.717, 1.165) is 16.7 Å². The summed E-state index contributed by atoms with van der Waals surface area (Å²) >= 11 is 0. The highest BCUT2D eigenvalue weighted by Crippen LogP contribution is 2.20. The predicted octanol–water partition coefficient (Wildman–Crippen LogP) is 3.78. The number of aryl methyl sites for hydroxylation is 1. The van der Waals surface area contributed by atoms with E-state index < -0.39 is 0 Å². The van der Waals surface area contributed by atoms with Gasteiger partial charge in [0.2, 0.25) is 0 Å². The fourth-order valence-corrected chi connectivity index (χ4v) is 2.31. The summed E-state index contributed by atoms with van der Waals surface area (Å²) in [4.78, 5) is 15.9. The molecule has 23 heavy (non-hydrogen) atoms. The molecule has 0 N–H and O–H groups in total. The average molecular weight is 307 g/mol. The molecule has 0 unspecified atom stereocenters. The lowest BCUT2D eigenvalue weighted by Gasteiger charge is -2.09. The third-order valence-electron chi connectivity index (χ3n) is 3.57. The van der Waals surface area contributed by atoms with Crippen LogP contribution in [0.15, 0.2) is 60.9 Å². The van der Waals surface area contributed by atoms with Crippen LogP contribution in [0, 0.1) is 6.92 Å². The topological polar surface area (TPSA) is 48.4 Å². The summed E-state index contributed by atoms with van der Waals surface area (Å²) in [6, 6.07) is 15.8. The molecule has 116 valence electrons. The number of rotatable bonds is 5. The second-order valence-electron chi connectivity index (χ2n) is 5.18. The van der Waals surface area contributed by atoms with Crippen LogP contribution in [0.25, 0.3) is 10.8 Å². The van der Waals surface area contributed by atoms with Crippen molar-refractivity contribution in [3.63, 3.8) is 0 Å². The fraction of sp³-hybridized carbons (Fsp3) is 0.158. The third-order valence-corrected chi connectivity index (χ3v) is 3.57. The summed E-state index contributed by atoms with van der Waals surface area (Å²) < 4.78 is 10.9. The summed E-state index contributed by atoms with van der Waals surface area (Å²) in [6.07, 6.45) is 3.16. The van der Waals surface area contributed by atoms with Crippen LogP contribution in [0.5, 0.6) is 5.75 Å². The molecule has 1 heterocycles. The molecule has 0 saturated carbocycles. The first-order valence-corrected chi connectivity index (χ1v) is 7.43. The van der Waals surface area contributed by atoms with Crippen molar-refractivity contribution in [2.75, 3.05) is 13.2 Å². The van der Waals surface area contributed by atoms with E-state index in [2.05, 4.69) is 11.1 Å². The maximum atomic E-state index is 11.9. The van der Waals surface area contributed by atoms with Crippen LogP contribution >= 0.6 is 0 Å². The van der Waals surface area contributed by atoms with Crippen molar-refractivity contribution in [3.8, 4) is 5.75 Å². The molecule has 1 aromatic heterocycles. The quantitative estimate of drug-likeness (QED) is 0.531. The van der Waals surface area contributed by atoms with Gasteiger partial charge in [-0.05, 0) is 41.5 Å². The molecule has 2 aromatic carbocycles. The fourth-order valence-electron chi connectivity index (χ4n) is 2.31. The van der Waals surface area contributed by atoms with E-state index in [-0.39, 0.29) is 12.6 Å². The predicted molar refractivity (Wildman–Crippen MR) is 88.7 cm³/mol. The van der Waals surface area contributed by atoms with Gasteiger partial charge in [-0.25, -0.2) is 4.79 Å². The molecule has 4 heteroatoms. The molecular weight excluding hydrogens is 290 g/mol. The Bertz CT molecular complexity index is 829. The smallest absolute Gasteiger partial charge is 0.340 e. The van der Waals surface area contributed by atoms with E-state index in [9.17, 15) is 4.79 Å². The van der Waals surface area contributed by atoms with E-state index in [4.69, 9.17) is 9.47 Å². The summed E-state index contributed by atoms with van der Waals surface area (Å²) in [5.41, 5.74) is 1.33. The number of hydrogen-bond acceptors (Lipinski definition) is 4. The van der Waals surface area contributed by atoms with Gasteiger partial charge in [0, 0.05) is 12.4 Å². The van der Waals surface area contributed by atoms with Crippen molar-refractivity contribution < 1.29 is 14.3 Å². The standard InChI is InChI=1S/C19H17NO3/c1-14-8-9-20-13-18(14)19(21)23-11-10-22-17-7-6-15-4-2-3-5-16(15)12-17/h2-9,12-13H,10-11H2,1H3. The Balaban J connectivity index is 1.53. The summed E-state index contributed by atoms with van der Waals surface area (Å²) in [5, 5.41) is 2.28. The zero-order valence-electron chi connectivity index (χ0n) is 12.9. The monoisotopic (exact) mass is 307 g/mol. The van der Waals surface area contributed by atoms with Crippen LogP contribution in [0.4, 0.5) is 0 Å². The third kappa shape index (κ3) is 3.66. The number of fused-ring (bicyclic) bond motifs is 1. The Hall–Kier alpha value is -2.88. The first-order valence-electron chi connectivity index (χ1n) is 7.43. The van der Waals surface area contributed by atoms with Crippen molar-refractivity contribution in [2.24, 2.45) is 0 Å². The molecule has 3 rings (SSSR count). The van der Waals surface area contributed by atoms with Crippen molar-refractivity contribution in [3.05, 3.63) is 72.1 Å². The molecule has 0 aliphatic heterocycles. The maximum Gasteiger partial charge on any atom is 0.340 e. The number of nitrogens with zero attached hydrogens (tertiary/aromatic N) is 1. The van der Waals surface area contributed by atoms with Gasteiger partial charge in [0.25, 0.3) is 0 Å². The van der Waals surface area contributed by atoms with Crippen molar-refractivity contribution >= 4 is 16.7 Å². The van der Waals surface area contributed by atoms with Crippen molar-refractivity contribution in [2.45, 2.75) is 6.92 Å². The highest BCUT2D eigenvalue weighted by atomic mass is 16.6. The highest BCUT2D eigenvalue weighted by molar-refractivity contribution is 5.90. The van der Waals surface area contributed by atoms with Gasteiger partial charge in [0.15, 0.2) is 0 Å². The van der Waals surface area contributed by atoms with E-state index in [1.54, 1.807) is 12.3 Å². The minimum atomic E-state index is -0.377. The molecule has 0 saturated heterocycles. The minimum absolute atomic E-state index is 0.194. The Morgan fingerprint density at radius 3 is 2.70 bits per heavy atom. The van der Waals surface area contributed by atoms with Crippen LogP contribution in [-0.2, 0) is 4.74 Å². The number of carbonyl (C=O) groups is 1. The first kappa shape index (κ1) is 15.0. The molecule has 0 spiro atoms. The van der Waals surface area contributed by atoms with Crippen LogP contribution < -0.4 is 4.74 Å². The van der Waals surface area contributed by atoms with Gasteiger partial charge in [0.1, 0.15) is 19.0 Å². The van der Waals surface area contributed by atoms with Gasteiger partial charge in [0.05, 0.1) is 5.56 Å². The maximum absolute atomic E-state index is 11.9. The zero-order chi connectivity index (χ0) is 16.1. The Morgan fingerprint density at radius 1 is 1.04 bits per heavy atom. The number of esters is 1. The SMILES string of the molecule is Cc1ccncc1C(=O)OCCOc1ccc2ccccc2c1. The molecular formula is C19H17NO3. The van der Waals surface area contributed by atoms with Crippen LogP contribution in [0.2, 0.25) is 0 Å². The number of ether oxygens (including phenoxy) is 2. The number of aromatic nitrogens is 1. The molecule has 0 amide bonds. The molecule has 0 radical (unpaired) electrons. The van der Waals surface area contributed by atoms with Gasteiger partial charge in [-0.15, -0.1) is 0 Å². The van der Waals surface area contributed by atoms with E-state index in [0.29, 0.717) is 12.2 Å². The van der Waals surface area contributed by atoms with E-state index in [1.807, 2.05) is 43.3 Å². The number of hydrogen-bond donors (Lipinski definition) is 0. The molecule has 0 aliphatic carbocycles. The van der Waals surface area contributed by atoms with Gasteiger partial charge in [-0.3, -0.25) is 4.98 Å². The van der Waals surface area contributed by atoms with E-state index in [1.165, 1.54) is 11.6 Å². The second kappa shape index (κ2) is 6.92. The molecule has 0 fully saturated rings. The molecule has 0 atom stereocenters. The average Bonchev–Trinajstić information content (AvgIpc) is 2.59. The van der Waals surface area contributed by atoms with Crippen LogP contribution in [-0.4, -0.2) is 24.2 Å². The van der Waals surface area contributed by atoms with E-state index >= 15 is 0 Å². The largest absolute Gasteiger partial charge is 0.490 e. The van der Waals surface area contributed by atoms with Crippen molar-refractivity contribution in [1.82, 2.24) is 4.98 Å². The number of pyridine rings is 1.